The number of nitrogens with one attached hydrogen (secondary N) is 2. The zero-order valence-electron chi connectivity index (χ0n) is 13.5. The van der Waals surface area contributed by atoms with Gasteiger partial charge in [-0.3, -0.25) is 4.79 Å². The monoisotopic (exact) mass is 330 g/mol. The summed E-state index contributed by atoms with van der Waals surface area (Å²) >= 11 is 0. The highest BCUT2D eigenvalue weighted by atomic mass is 16.5. The van der Waals surface area contributed by atoms with Gasteiger partial charge in [0.2, 0.25) is 0 Å². The van der Waals surface area contributed by atoms with Gasteiger partial charge in [-0.2, -0.15) is 0 Å². The van der Waals surface area contributed by atoms with Crippen LogP contribution in [0.5, 0.6) is 5.75 Å². The number of amides is 2. The zero-order chi connectivity index (χ0) is 17.4. The Kier molecular flexibility index (Phi) is 6.50. The van der Waals surface area contributed by atoms with Crippen LogP contribution in [0.4, 0.5) is 4.79 Å². The highest BCUT2D eigenvalue weighted by Crippen LogP contribution is 2.24. The molecular formula is C18H22N2O4. The number of benzene rings is 1. The molecule has 3 N–H and O–H groups in total. The summed E-state index contributed by atoms with van der Waals surface area (Å²) in [6.07, 6.45) is 7.75. The molecule has 1 aliphatic rings. The molecule has 24 heavy (non-hydrogen) atoms. The number of carbonyl (C=O) groups excluding carboxylic acids is 1. The molecule has 0 radical (unpaired) electrons. The predicted octanol–water partition coefficient (Wildman–Crippen LogP) is 2.14. The van der Waals surface area contributed by atoms with Crippen LogP contribution in [-0.4, -0.2) is 29.8 Å². The van der Waals surface area contributed by atoms with Gasteiger partial charge in [-0.1, -0.05) is 18.1 Å². The van der Waals surface area contributed by atoms with E-state index in [2.05, 4.69) is 16.6 Å². The lowest BCUT2D eigenvalue weighted by atomic mass is 9.86. The predicted molar refractivity (Wildman–Crippen MR) is 89.5 cm³/mol. The minimum Gasteiger partial charge on any atom is -0.481 e. The van der Waals surface area contributed by atoms with Crippen molar-refractivity contribution in [1.82, 2.24) is 10.6 Å². The molecule has 2 rings (SSSR count). The van der Waals surface area contributed by atoms with Crippen molar-refractivity contribution in [1.29, 1.82) is 0 Å². The third-order valence-electron chi connectivity index (χ3n) is 4.11. The van der Waals surface area contributed by atoms with Gasteiger partial charge < -0.3 is 20.5 Å². The molecule has 1 aromatic carbocycles. The maximum absolute atomic E-state index is 11.9. The summed E-state index contributed by atoms with van der Waals surface area (Å²) in [5.41, 5.74) is 0.952. The van der Waals surface area contributed by atoms with Crippen molar-refractivity contribution < 1.29 is 19.4 Å². The van der Waals surface area contributed by atoms with Gasteiger partial charge in [0.1, 0.15) is 12.4 Å². The molecule has 0 saturated heterocycles. The summed E-state index contributed by atoms with van der Waals surface area (Å²) < 4.78 is 5.28. The molecule has 1 saturated carbocycles. The van der Waals surface area contributed by atoms with Crippen LogP contribution < -0.4 is 15.4 Å². The van der Waals surface area contributed by atoms with E-state index in [1.165, 1.54) is 0 Å². The fourth-order valence-electron chi connectivity index (χ4n) is 2.73. The lowest BCUT2D eigenvalue weighted by Crippen LogP contribution is -2.43. The minimum atomic E-state index is -0.743. The third kappa shape index (κ3) is 5.51. The molecule has 0 spiro atoms. The van der Waals surface area contributed by atoms with E-state index < -0.39 is 5.97 Å². The largest absolute Gasteiger partial charge is 0.481 e. The van der Waals surface area contributed by atoms with E-state index in [1.807, 2.05) is 12.1 Å². The number of hydrogen-bond donors (Lipinski definition) is 3. The Morgan fingerprint density at radius 2 is 1.88 bits per heavy atom. The van der Waals surface area contributed by atoms with E-state index in [0.717, 1.165) is 5.56 Å². The van der Waals surface area contributed by atoms with Gasteiger partial charge in [0.25, 0.3) is 0 Å². The number of ether oxygens (including phenoxy) is 1. The summed E-state index contributed by atoms with van der Waals surface area (Å²) in [4.78, 5) is 22.8. The molecule has 6 nitrogen and oxygen atoms in total. The Balaban J connectivity index is 1.70. The fourth-order valence-corrected chi connectivity index (χ4v) is 2.73. The Bertz CT molecular complexity index is 598. The van der Waals surface area contributed by atoms with Gasteiger partial charge in [0, 0.05) is 12.6 Å². The normalized spacial score (nSPS) is 19.8. The number of terminal acetylenes is 1. The first-order valence-corrected chi connectivity index (χ1v) is 8.01. The van der Waals surface area contributed by atoms with Crippen LogP contribution in [0.15, 0.2) is 24.3 Å². The van der Waals surface area contributed by atoms with E-state index in [-0.39, 0.29) is 24.6 Å². The molecule has 0 aliphatic heterocycles. The Labute approximate surface area is 141 Å². The quantitative estimate of drug-likeness (QED) is 0.697. The number of rotatable bonds is 6. The van der Waals surface area contributed by atoms with Gasteiger partial charge in [-0.25, -0.2) is 4.79 Å². The summed E-state index contributed by atoms with van der Waals surface area (Å²) in [5, 5.41) is 14.7. The van der Waals surface area contributed by atoms with Gasteiger partial charge >= 0.3 is 12.0 Å². The average Bonchev–Trinajstić information content (AvgIpc) is 2.59. The number of hydrogen-bond acceptors (Lipinski definition) is 3. The molecule has 0 bridgehead atoms. The molecule has 0 heterocycles. The van der Waals surface area contributed by atoms with Crippen molar-refractivity contribution in [2.24, 2.45) is 5.92 Å². The van der Waals surface area contributed by atoms with Crippen LogP contribution in [0.1, 0.15) is 31.2 Å². The maximum atomic E-state index is 11.9. The van der Waals surface area contributed by atoms with Gasteiger partial charge in [-0.05, 0) is 43.4 Å². The van der Waals surface area contributed by atoms with Crippen molar-refractivity contribution >= 4 is 12.0 Å². The Hall–Kier alpha value is -2.68. The maximum Gasteiger partial charge on any atom is 0.315 e. The van der Waals surface area contributed by atoms with Crippen molar-refractivity contribution in [2.45, 2.75) is 38.3 Å². The first kappa shape index (κ1) is 17.7. The van der Waals surface area contributed by atoms with E-state index in [4.69, 9.17) is 16.3 Å². The van der Waals surface area contributed by atoms with Crippen LogP contribution in [0.2, 0.25) is 0 Å². The van der Waals surface area contributed by atoms with Crippen molar-refractivity contribution in [3.05, 3.63) is 29.8 Å². The highest BCUT2D eigenvalue weighted by Gasteiger charge is 2.26. The summed E-state index contributed by atoms with van der Waals surface area (Å²) in [5.74, 6) is 2.07. The van der Waals surface area contributed by atoms with E-state index in [0.29, 0.717) is 38.0 Å². The average molecular weight is 330 g/mol. The second-order valence-corrected chi connectivity index (χ2v) is 5.85. The second-order valence-electron chi connectivity index (χ2n) is 5.85. The molecule has 1 aliphatic carbocycles. The first-order chi connectivity index (χ1) is 11.6. The smallest absolute Gasteiger partial charge is 0.315 e. The first-order valence-electron chi connectivity index (χ1n) is 8.01. The van der Waals surface area contributed by atoms with Crippen molar-refractivity contribution in [3.63, 3.8) is 0 Å². The fraction of sp³-hybridized carbons (Fsp3) is 0.444. The van der Waals surface area contributed by atoms with Gasteiger partial charge in [-0.15, -0.1) is 6.42 Å². The van der Waals surface area contributed by atoms with Gasteiger partial charge in [0.15, 0.2) is 0 Å². The van der Waals surface area contributed by atoms with Crippen molar-refractivity contribution in [2.75, 3.05) is 6.61 Å². The number of carboxylic acids is 1. The standard InChI is InChI=1S/C18H22N2O4/c1-2-11-24-16-9-3-13(4-10-16)12-19-18(23)20-15-7-5-14(6-8-15)17(21)22/h1,3-4,9-10,14-15H,5-8,11-12H2,(H,21,22)(H2,19,20,23). The van der Waals surface area contributed by atoms with E-state index >= 15 is 0 Å². The topological polar surface area (TPSA) is 87.7 Å². The highest BCUT2D eigenvalue weighted by molar-refractivity contribution is 5.74. The van der Waals surface area contributed by atoms with E-state index in [9.17, 15) is 9.59 Å². The number of aliphatic carboxylic acids is 1. The Morgan fingerprint density at radius 3 is 2.46 bits per heavy atom. The number of carbonyl (C=O) groups is 2. The zero-order valence-corrected chi connectivity index (χ0v) is 13.5. The lowest BCUT2D eigenvalue weighted by Gasteiger charge is -2.26. The van der Waals surface area contributed by atoms with Crippen LogP contribution in [-0.2, 0) is 11.3 Å². The molecule has 2 amide bonds. The SMILES string of the molecule is C#CCOc1ccc(CNC(=O)NC2CCC(C(=O)O)CC2)cc1. The molecule has 1 aromatic rings. The molecule has 0 unspecified atom stereocenters. The Morgan fingerprint density at radius 1 is 1.21 bits per heavy atom. The van der Waals surface area contributed by atoms with Crippen LogP contribution in [0.25, 0.3) is 0 Å². The second kappa shape index (κ2) is 8.82. The van der Waals surface area contributed by atoms with Gasteiger partial charge in [0.05, 0.1) is 5.92 Å². The van der Waals surface area contributed by atoms with Crippen LogP contribution >= 0.6 is 0 Å². The summed E-state index contributed by atoms with van der Waals surface area (Å²) in [6, 6.07) is 7.15. The van der Waals surface area contributed by atoms with Crippen molar-refractivity contribution in [3.8, 4) is 18.1 Å². The molecule has 1 fully saturated rings. The van der Waals surface area contributed by atoms with Crippen LogP contribution in [0.3, 0.4) is 0 Å². The van der Waals surface area contributed by atoms with Crippen LogP contribution in [0, 0.1) is 18.3 Å². The molecule has 6 heteroatoms. The summed E-state index contributed by atoms with van der Waals surface area (Å²) in [6.45, 7) is 0.635. The minimum absolute atomic E-state index is 0.0418. The lowest BCUT2D eigenvalue weighted by molar-refractivity contribution is -0.142. The third-order valence-corrected chi connectivity index (χ3v) is 4.11. The molecule has 0 atom stereocenters. The molecule has 0 aromatic heterocycles. The molecular weight excluding hydrogens is 308 g/mol. The molecule has 128 valence electrons. The number of urea groups is 1. The summed E-state index contributed by atoms with van der Waals surface area (Å²) in [7, 11) is 0. The number of carboxylic acid groups (broad SMARTS) is 1. The van der Waals surface area contributed by atoms with E-state index in [1.54, 1.807) is 12.1 Å².